The van der Waals surface area contributed by atoms with E-state index in [1.807, 2.05) is 0 Å². The molecular weight excluding hydrogens is 327 g/mol. The van der Waals surface area contributed by atoms with E-state index < -0.39 is 24.0 Å². The van der Waals surface area contributed by atoms with Crippen molar-refractivity contribution in [3.8, 4) is 5.75 Å². The van der Waals surface area contributed by atoms with Gasteiger partial charge in [0.15, 0.2) is 17.5 Å². The minimum atomic E-state index is -1.33. The van der Waals surface area contributed by atoms with Gasteiger partial charge < -0.3 is 24.5 Å². The normalized spacial score (nSPS) is 21.4. The van der Waals surface area contributed by atoms with Gasteiger partial charge in [0.2, 0.25) is 0 Å². The predicted octanol–water partition coefficient (Wildman–Crippen LogP) is 3.74. The summed E-state index contributed by atoms with van der Waals surface area (Å²) in [4.78, 5) is 13.4. The molecule has 2 heterocycles. The molecular formula is C18H23FN2O4. The Labute approximate surface area is 145 Å². The van der Waals surface area contributed by atoms with Crippen LogP contribution in [0.1, 0.15) is 27.2 Å². The van der Waals surface area contributed by atoms with Gasteiger partial charge in [0.1, 0.15) is 11.7 Å². The maximum absolute atomic E-state index is 14.6. The number of carbonyl (C=O) groups excluding carboxylic acids is 1. The highest BCUT2D eigenvalue weighted by molar-refractivity contribution is 5.86. The number of halogens is 1. The van der Waals surface area contributed by atoms with E-state index in [1.54, 1.807) is 39.0 Å². The molecule has 0 radical (unpaired) electrons. The van der Waals surface area contributed by atoms with Gasteiger partial charge in [0, 0.05) is 30.1 Å². The Bertz CT molecular complexity index is 768. The summed E-state index contributed by atoms with van der Waals surface area (Å²) in [5.74, 6) is 0.415. The summed E-state index contributed by atoms with van der Waals surface area (Å²) in [6, 6.07) is 5.17. The summed E-state index contributed by atoms with van der Waals surface area (Å²) in [7, 11) is 0. The SMILES string of the molecule is CC(C)(C)OC(=O)N1CCC(Oc2cc(N)cc3ccoc23)C(F)C1. The second kappa shape index (κ2) is 6.46. The second-order valence-corrected chi connectivity index (χ2v) is 7.25. The lowest BCUT2D eigenvalue weighted by Crippen LogP contribution is -2.50. The van der Waals surface area contributed by atoms with E-state index in [-0.39, 0.29) is 6.54 Å². The number of likely N-dealkylation sites (tertiary alicyclic amines) is 1. The minimum absolute atomic E-state index is 0.0663. The Kier molecular flexibility index (Phi) is 4.49. The highest BCUT2D eigenvalue weighted by Gasteiger charge is 2.35. The standard InChI is InChI=1S/C18H23FN2O4/c1-18(2,3)25-17(22)21-6-4-14(13(19)10-21)24-15-9-12(20)8-11-5-7-23-16(11)15/h5,7-9,13-14H,4,6,10,20H2,1-3H3. The number of anilines is 1. The zero-order valence-electron chi connectivity index (χ0n) is 14.6. The number of ether oxygens (including phenoxy) is 2. The lowest BCUT2D eigenvalue weighted by Gasteiger charge is -2.35. The molecule has 6 nitrogen and oxygen atoms in total. The van der Waals surface area contributed by atoms with Crippen molar-refractivity contribution in [2.45, 2.75) is 45.1 Å². The number of hydrogen-bond donors (Lipinski definition) is 1. The number of nitrogens with two attached hydrogens (primary N) is 1. The molecule has 2 atom stereocenters. The number of hydrogen-bond acceptors (Lipinski definition) is 5. The van der Waals surface area contributed by atoms with Crippen molar-refractivity contribution in [3.63, 3.8) is 0 Å². The summed E-state index contributed by atoms with van der Waals surface area (Å²) < 4.78 is 31.1. The number of benzene rings is 1. The molecule has 0 bridgehead atoms. The third-order valence-corrected chi connectivity index (χ3v) is 3.95. The van der Waals surface area contributed by atoms with Crippen molar-refractivity contribution >= 4 is 22.7 Å². The lowest BCUT2D eigenvalue weighted by molar-refractivity contribution is -0.0104. The Hall–Kier alpha value is -2.44. The molecule has 25 heavy (non-hydrogen) atoms. The molecule has 1 fully saturated rings. The average Bonchev–Trinajstić information content (AvgIpc) is 2.95. The first kappa shape index (κ1) is 17.4. The number of carbonyl (C=O) groups is 1. The maximum atomic E-state index is 14.6. The first-order valence-electron chi connectivity index (χ1n) is 8.28. The number of furan rings is 1. The van der Waals surface area contributed by atoms with E-state index >= 15 is 0 Å². The third kappa shape index (κ3) is 3.97. The Morgan fingerprint density at radius 3 is 2.84 bits per heavy atom. The van der Waals surface area contributed by atoms with Gasteiger partial charge in [-0.05, 0) is 32.9 Å². The second-order valence-electron chi connectivity index (χ2n) is 7.25. The van der Waals surface area contributed by atoms with Crippen LogP contribution in [-0.2, 0) is 4.74 Å². The Balaban J connectivity index is 1.67. The first-order valence-corrected chi connectivity index (χ1v) is 8.28. The fourth-order valence-electron chi connectivity index (χ4n) is 2.83. The van der Waals surface area contributed by atoms with Gasteiger partial charge >= 0.3 is 6.09 Å². The lowest BCUT2D eigenvalue weighted by atomic mass is 10.1. The minimum Gasteiger partial charge on any atom is -0.483 e. The molecule has 2 aromatic rings. The van der Waals surface area contributed by atoms with Crippen molar-refractivity contribution in [3.05, 3.63) is 24.5 Å². The van der Waals surface area contributed by atoms with E-state index in [0.717, 1.165) is 5.39 Å². The summed E-state index contributed by atoms with van der Waals surface area (Å²) in [6.45, 7) is 5.64. The first-order chi connectivity index (χ1) is 11.7. The van der Waals surface area contributed by atoms with Crippen molar-refractivity contribution < 1.29 is 23.1 Å². The third-order valence-electron chi connectivity index (χ3n) is 3.95. The van der Waals surface area contributed by atoms with Crippen LogP contribution in [0.15, 0.2) is 28.9 Å². The quantitative estimate of drug-likeness (QED) is 0.835. The molecule has 0 spiro atoms. The van der Waals surface area contributed by atoms with Crippen molar-refractivity contribution in [1.82, 2.24) is 4.90 Å². The molecule has 1 aliphatic heterocycles. The molecule has 3 rings (SSSR count). The number of amides is 1. The molecule has 2 N–H and O–H groups in total. The van der Waals surface area contributed by atoms with Crippen LogP contribution in [0.4, 0.5) is 14.9 Å². The molecule has 1 aromatic carbocycles. The average molecular weight is 350 g/mol. The van der Waals surface area contributed by atoms with Gasteiger partial charge in [-0.25, -0.2) is 9.18 Å². The van der Waals surface area contributed by atoms with Gasteiger partial charge in [-0.3, -0.25) is 0 Å². The zero-order chi connectivity index (χ0) is 18.2. The fraction of sp³-hybridized carbons (Fsp3) is 0.500. The van der Waals surface area contributed by atoms with Crippen LogP contribution in [0.2, 0.25) is 0 Å². The number of piperidine rings is 1. The van der Waals surface area contributed by atoms with Crippen LogP contribution in [0, 0.1) is 0 Å². The van der Waals surface area contributed by atoms with Crippen LogP contribution >= 0.6 is 0 Å². The van der Waals surface area contributed by atoms with E-state index in [0.29, 0.717) is 30.0 Å². The topological polar surface area (TPSA) is 77.9 Å². The molecule has 7 heteroatoms. The summed E-state index contributed by atoms with van der Waals surface area (Å²) in [5, 5.41) is 0.802. The maximum Gasteiger partial charge on any atom is 0.410 e. The van der Waals surface area contributed by atoms with Crippen molar-refractivity contribution in [1.29, 1.82) is 0 Å². The number of nitrogen functional groups attached to an aromatic ring is 1. The molecule has 1 saturated heterocycles. The number of alkyl halides is 1. The molecule has 1 aromatic heterocycles. The smallest absolute Gasteiger partial charge is 0.410 e. The van der Waals surface area contributed by atoms with Crippen molar-refractivity contribution in [2.24, 2.45) is 0 Å². The van der Waals surface area contributed by atoms with Crippen molar-refractivity contribution in [2.75, 3.05) is 18.8 Å². The molecule has 0 saturated carbocycles. The molecule has 136 valence electrons. The number of nitrogens with zero attached hydrogens (tertiary/aromatic N) is 1. The molecule has 0 aliphatic carbocycles. The van der Waals surface area contributed by atoms with Crippen LogP contribution < -0.4 is 10.5 Å². The van der Waals surface area contributed by atoms with Crippen LogP contribution in [0.25, 0.3) is 11.0 Å². The van der Waals surface area contributed by atoms with Crippen LogP contribution in [0.5, 0.6) is 5.75 Å². The van der Waals surface area contributed by atoms with Gasteiger partial charge in [-0.2, -0.15) is 0 Å². The summed E-state index contributed by atoms with van der Waals surface area (Å²) in [5.41, 5.74) is 6.31. The van der Waals surface area contributed by atoms with Crippen LogP contribution in [-0.4, -0.2) is 42.0 Å². The summed E-state index contributed by atoms with van der Waals surface area (Å²) in [6.07, 6.45) is -0.612. The van der Waals surface area contributed by atoms with Gasteiger partial charge in [0.05, 0.1) is 12.8 Å². The fourth-order valence-corrected chi connectivity index (χ4v) is 2.83. The van der Waals surface area contributed by atoms with E-state index in [2.05, 4.69) is 0 Å². The molecule has 2 unspecified atom stereocenters. The van der Waals surface area contributed by atoms with E-state index in [1.165, 1.54) is 11.2 Å². The zero-order valence-corrected chi connectivity index (χ0v) is 14.6. The molecule has 1 amide bonds. The van der Waals surface area contributed by atoms with Gasteiger partial charge in [-0.15, -0.1) is 0 Å². The monoisotopic (exact) mass is 350 g/mol. The Morgan fingerprint density at radius 2 is 2.16 bits per heavy atom. The van der Waals surface area contributed by atoms with Crippen LogP contribution in [0.3, 0.4) is 0 Å². The predicted molar refractivity (Wildman–Crippen MR) is 92.4 cm³/mol. The number of fused-ring (bicyclic) bond motifs is 1. The Morgan fingerprint density at radius 1 is 1.40 bits per heavy atom. The number of rotatable bonds is 2. The largest absolute Gasteiger partial charge is 0.483 e. The van der Waals surface area contributed by atoms with E-state index in [9.17, 15) is 9.18 Å². The van der Waals surface area contributed by atoms with E-state index in [4.69, 9.17) is 19.6 Å². The highest BCUT2D eigenvalue weighted by atomic mass is 19.1. The highest BCUT2D eigenvalue weighted by Crippen LogP contribution is 2.32. The van der Waals surface area contributed by atoms with Gasteiger partial charge in [0.25, 0.3) is 0 Å². The summed E-state index contributed by atoms with van der Waals surface area (Å²) >= 11 is 0. The van der Waals surface area contributed by atoms with Gasteiger partial charge in [-0.1, -0.05) is 0 Å². The molecule has 1 aliphatic rings.